The summed E-state index contributed by atoms with van der Waals surface area (Å²) >= 11 is 6.08. The van der Waals surface area contributed by atoms with Crippen LogP contribution in [0.2, 0.25) is 5.02 Å². The van der Waals surface area contributed by atoms with Crippen molar-refractivity contribution >= 4 is 17.5 Å². The van der Waals surface area contributed by atoms with Crippen molar-refractivity contribution in [3.63, 3.8) is 0 Å². The van der Waals surface area contributed by atoms with E-state index in [1.54, 1.807) is 6.92 Å². The number of amides is 1. The Morgan fingerprint density at radius 1 is 1.38 bits per heavy atom. The maximum atomic E-state index is 14.2. The van der Waals surface area contributed by atoms with E-state index in [0.717, 1.165) is 0 Å². The molecule has 0 aliphatic heterocycles. The van der Waals surface area contributed by atoms with Crippen LogP contribution in [0, 0.1) is 12.7 Å². The lowest BCUT2D eigenvalue weighted by Gasteiger charge is -2.26. The number of aliphatic hydroxyl groups excluding tert-OH is 1. The van der Waals surface area contributed by atoms with Gasteiger partial charge in [-0.2, -0.15) is 0 Å². The first-order valence-electron chi connectivity index (χ1n) is 7.87. The number of carbonyl (C=O) groups excluding carboxylic acids is 1. The molecule has 1 heterocycles. The average molecular weight is 353 g/mol. The van der Waals surface area contributed by atoms with Gasteiger partial charge in [-0.05, 0) is 44.7 Å². The summed E-state index contributed by atoms with van der Waals surface area (Å²) in [7, 11) is 0. The zero-order chi connectivity index (χ0) is 17.3. The lowest BCUT2D eigenvalue weighted by molar-refractivity contribution is 0.0866. The molecule has 0 bridgehead atoms. The van der Waals surface area contributed by atoms with Crippen LogP contribution < -0.4 is 5.32 Å². The van der Waals surface area contributed by atoms with Gasteiger partial charge in [-0.15, -0.1) is 0 Å². The smallest absolute Gasteiger partial charge is 0.257 e. The van der Waals surface area contributed by atoms with Gasteiger partial charge in [-0.1, -0.05) is 22.8 Å². The average Bonchev–Trinajstić information content (AvgIpc) is 2.91. The summed E-state index contributed by atoms with van der Waals surface area (Å²) in [5.41, 5.74) is 0.345. The highest BCUT2D eigenvalue weighted by Gasteiger charge is 2.28. The van der Waals surface area contributed by atoms with E-state index in [-0.39, 0.29) is 39.9 Å². The largest absolute Gasteiger partial charge is 0.393 e. The van der Waals surface area contributed by atoms with Crippen LogP contribution in [0.15, 0.2) is 22.7 Å². The Kier molecular flexibility index (Phi) is 4.87. The third-order valence-corrected chi connectivity index (χ3v) is 4.64. The number of hydrogen-bond acceptors (Lipinski definition) is 4. The number of aryl methyl sites for hydroxylation is 1. The summed E-state index contributed by atoms with van der Waals surface area (Å²) in [5, 5.41) is 16.5. The molecule has 128 valence electrons. The van der Waals surface area contributed by atoms with Gasteiger partial charge in [0.25, 0.3) is 5.91 Å². The quantitative estimate of drug-likeness (QED) is 0.886. The van der Waals surface area contributed by atoms with E-state index in [1.807, 2.05) is 0 Å². The Bertz CT molecular complexity index is 734. The molecule has 0 unspecified atom stereocenters. The SMILES string of the molecule is Cc1onc(-c2c(F)cccc2Cl)c1C(=O)NC1CCC(O)CC1. The molecule has 1 aromatic carbocycles. The predicted molar refractivity (Wildman–Crippen MR) is 87.4 cm³/mol. The molecule has 5 nitrogen and oxygen atoms in total. The molecule has 1 aliphatic carbocycles. The molecule has 0 atom stereocenters. The van der Waals surface area contributed by atoms with Gasteiger partial charge in [0, 0.05) is 6.04 Å². The van der Waals surface area contributed by atoms with Gasteiger partial charge in [0.1, 0.15) is 22.8 Å². The number of aromatic nitrogens is 1. The van der Waals surface area contributed by atoms with E-state index in [1.165, 1.54) is 18.2 Å². The number of halogens is 2. The number of rotatable bonds is 3. The summed E-state index contributed by atoms with van der Waals surface area (Å²) in [6.07, 6.45) is 2.40. The second-order valence-electron chi connectivity index (χ2n) is 6.04. The number of nitrogens with one attached hydrogen (secondary N) is 1. The Morgan fingerprint density at radius 2 is 2.08 bits per heavy atom. The standard InChI is InChI=1S/C17H18ClFN2O3/c1-9-14(17(23)20-10-5-7-11(22)8-6-10)16(21-24-9)15-12(18)3-2-4-13(15)19/h2-4,10-11,22H,5-8H2,1H3,(H,20,23). The Hall–Kier alpha value is -1.92. The van der Waals surface area contributed by atoms with E-state index in [9.17, 15) is 14.3 Å². The highest BCUT2D eigenvalue weighted by Crippen LogP contribution is 2.33. The van der Waals surface area contributed by atoms with Gasteiger partial charge >= 0.3 is 0 Å². The third kappa shape index (κ3) is 3.30. The second-order valence-corrected chi connectivity index (χ2v) is 6.45. The first kappa shape index (κ1) is 16.9. The lowest BCUT2D eigenvalue weighted by atomic mass is 9.93. The third-order valence-electron chi connectivity index (χ3n) is 4.32. The maximum absolute atomic E-state index is 14.2. The van der Waals surface area contributed by atoms with E-state index >= 15 is 0 Å². The van der Waals surface area contributed by atoms with Gasteiger partial charge in [-0.3, -0.25) is 4.79 Å². The summed E-state index contributed by atoms with van der Waals surface area (Å²) in [5.74, 6) is -0.632. The van der Waals surface area contributed by atoms with Crippen LogP contribution in [0.3, 0.4) is 0 Å². The number of benzene rings is 1. The molecule has 1 saturated carbocycles. The molecule has 1 amide bonds. The minimum absolute atomic E-state index is 0.0286. The van der Waals surface area contributed by atoms with E-state index < -0.39 is 5.82 Å². The van der Waals surface area contributed by atoms with Gasteiger partial charge in [0.2, 0.25) is 0 Å². The molecule has 1 aliphatic rings. The lowest BCUT2D eigenvalue weighted by Crippen LogP contribution is -2.38. The van der Waals surface area contributed by atoms with Crippen LogP contribution in [-0.2, 0) is 0 Å². The van der Waals surface area contributed by atoms with Crippen LogP contribution in [0.1, 0.15) is 41.8 Å². The maximum Gasteiger partial charge on any atom is 0.257 e. The molecule has 2 aromatic rings. The van der Waals surface area contributed by atoms with Crippen molar-refractivity contribution in [3.05, 3.63) is 40.4 Å². The Morgan fingerprint density at radius 3 is 2.75 bits per heavy atom. The van der Waals surface area contributed by atoms with Crippen molar-refractivity contribution < 1.29 is 18.8 Å². The van der Waals surface area contributed by atoms with Gasteiger partial charge in [0.05, 0.1) is 16.7 Å². The van der Waals surface area contributed by atoms with Crippen LogP contribution in [0.25, 0.3) is 11.3 Å². The van der Waals surface area contributed by atoms with Gasteiger partial charge in [-0.25, -0.2) is 4.39 Å². The van der Waals surface area contributed by atoms with E-state index in [0.29, 0.717) is 31.4 Å². The number of carbonyl (C=O) groups is 1. The normalized spacial score (nSPS) is 20.8. The first-order valence-corrected chi connectivity index (χ1v) is 8.24. The van der Waals surface area contributed by atoms with Gasteiger partial charge in [0.15, 0.2) is 0 Å². The predicted octanol–water partition coefficient (Wildman–Crippen LogP) is 3.48. The fourth-order valence-corrected chi connectivity index (χ4v) is 3.26. The van der Waals surface area contributed by atoms with E-state index in [2.05, 4.69) is 10.5 Å². The molecule has 7 heteroatoms. The molecule has 1 fully saturated rings. The van der Waals surface area contributed by atoms with Crippen molar-refractivity contribution in [2.75, 3.05) is 0 Å². The molecular weight excluding hydrogens is 335 g/mol. The summed E-state index contributed by atoms with van der Waals surface area (Å²) < 4.78 is 19.3. The first-order chi connectivity index (χ1) is 11.5. The molecule has 24 heavy (non-hydrogen) atoms. The number of aliphatic hydroxyl groups is 1. The monoisotopic (exact) mass is 352 g/mol. The zero-order valence-electron chi connectivity index (χ0n) is 13.2. The molecule has 1 aromatic heterocycles. The Balaban J connectivity index is 1.89. The van der Waals surface area contributed by atoms with Crippen molar-refractivity contribution in [2.24, 2.45) is 0 Å². The van der Waals surface area contributed by atoms with Crippen molar-refractivity contribution in [1.29, 1.82) is 0 Å². The van der Waals surface area contributed by atoms with Crippen LogP contribution in [0.5, 0.6) is 0 Å². The number of nitrogens with zero attached hydrogens (tertiary/aromatic N) is 1. The molecule has 0 radical (unpaired) electrons. The molecule has 0 spiro atoms. The molecular formula is C17H18ClFN2O3. The molecule has 0 saturated heterocycles. The van der Waals surface area contributed by atoms with Crippen molar-refractivity contribution in [1.82, 2.24) is 10.5 Å². The highest BCUT2D eigenvalue weighted by atomic mass is 35.5. The second kappa shape index (κ2) is 6.91. The topological polar surface area (TPSA) is 75.4 Å². The summed E-state index contributed by atoms with van der Waals surface area (Å²) in [4.78, 5) is 12.7. The van der Waals surface area contributed by atoms with Crippen LogP contribution >= 0.6 is 11.6 Å². The minimum atomic E-state index is -0.564. The highest BCUT2D eigenvalue weighted by molar-refractivity contribution is 6.33. The zero-order valence-corrected chi connectivity index (χ0v) is 13.9. The fourth-order valence-electron chi connectivity index (χ4n) is 3.01. The Labute approximate surface area is 143 Å². The summed E-state index contributed by atoms with van der Waals surface area (Å²) in [6.45, 7) is 1.60. The summed E-state index contributed by atoms with van der Waals surface area (Å²) in [6, 6.07) is 4.25. The minimum Gasteiger partial charge on any atom is -0.393 e. The van der Waals surface area contributed by atoms with Crippen molar-refractivity contribution in [2.45, 2.75) is 44.8 Å². The van der Waals surface area contributed by atoms with Crippen molar-refractivity contribution in [3.8, 4) is 11.3 Å². The fraction of sp³-hybridized carbons (Fsp3) is 0.412. The van der Waals surface area contributed by atoms with Crippen LogP contribution in [0.4, 0.5) is 4.39 Å². The molecule has 2 N–H and O–H groups in total. The molecule has 3 rings (SSSR count). The number of hydrogen-bond donors (Lipinski definition) is 2. The van der Waals surface area contributed by atoms with Crippen LogP contribution in [-0.4, -0.2) is 28.3 Å². The van der Waals surface area contributed by atoms with Gasteiger partial charge < -0.3 is 14.9 Å². The van der Waals surface area contributed by atoms with E-state index in [4.69, 9.17) is 16.1 Å².